The number of aromatic nitrogens is 2. The number of rotatable bonds is 23. The van der Waals surface area contributed by atoms with Gasteiger partial charge in [0, 0.05) is 0 Å². The molecule has 0 fully saturated rings. The SMILES string of the molecule is CC=Cc1c(O)n(C(C)NCCCCCCCCCC)c(=O)n1C(C)NCCCCCCCCCC. The van der Waals surface area contributed by atoms with Crippen LogP contribution in [0.4, 0.5) is 0 Å². The number of hydrogen-bond donors (Lipinski definition) is 3. The number of nitrogens with one attached hydrogen (secondary N) is 2. The number of unbranched alkanes of at least 4 members (excludes halogenated alkanes) is 14. The van der Waals surface area contributed by atoms with Crippen LogP contribution in [-0.2, 0) is 0 Å². The molecule has 6 heteroatoms. The molecule has 0 saturated heterocycles. The van der Waals surface area contributed by atoms with Crippen LogP contribution in [0.2, 0.25) is 0 Å². The van der Waals surface area contributed by atoms with Crippen LogP contribution in [0.3, 0.4) is 0 Å². The van der Waals surface area contributed by atoms with Gasteiger partial charge in [-0.1, -0.05) is 110 Å². The van der Waals surface area contributed by atoms with Crippen molar-refractivity contribution in [1.82, 2.24) is 19.8 Å². The molecule has 1 aromatic rings. The van der Waals surface area contributed by atoms with Crippen molar-refractivity contribution in [3.05, 3.63) is 22.3 Å². The number of hydrogen-bond acceptors (Lipinski definition) is 4. The Morgan fingerprint density at radius 3 is 1.50 bits per heavy atom. The molecular weight excluding hydrogens is 448 g/mol. The molecule has 3 N–H and O–H groups in total. The molecule has 210 valence electrons. The topological polar surface area (TPSA) is 71.2 Å². The number of nitrogens with zero attached hydrogens (tertiary/aromatic N) is 2. The first kappa shape index (κ1) is 32.5. The van der Waals surface area contributed by atoms with E-state index in [0.717, 1.165) is 25.9 Å². The Kier molecular flexibility index (Phi) is 18.5. The second-order valence-electron chi connectivity index (χ2n) is 10.4. The highest BCUT2D eigenvalue weighted by molar-refractivity contribution is 5.51. The summed E-state index contributed by atoms with van der Waals surface area (Å²) in [6, 6.07) is 0. The number of aromatic hydroxyl groups is 1. The van der Waals surface area contributed by atoms with Crippen molar-refractivity contribution in [2.24, 2.45) is 0 Å². The summed E-state index contributed by atoms with van der Waals surface area (Å²) in [5, 5.41) is 17.9. The van der Waals surface area contributed by atoms with Crippen molar-refractivity contribution in [3.8, 4) is 5.88 Å². The lowest BCUT2D eigenvalue weighted by atomic mass is 10.1. The molecule has 0 aromatic carbocycles. The van der Waals surface area contributed by atoms with Gasteiger partial charge in [0.2, 0.25) is 5.88 Å². The quantitative estimate of drug-likeness (QED) is 0.132. The maximum Gasteiger partial charge on any atom is 0.334 e. The molecule has 36 heavy (non-hydrogen) atoms. The highest BCUT2D eigenvalue weighted by Crippen LogP contribution is 2.23. The first-order chi connectivity index (χ1) is 17.5. The van der Waals surface area contributed by atoms with Gasteiger partial charge in [-0.05, 0) is 52.8 Å². The van der Waals surface area contributed by atoms with Crippen LogP contribution in [0.1, 0.15) is 155 Å². The van der Waals surface area contributed by atoms with Gasteiger partial charge in [0.05, 0.1) is 12.3 Å². The Labute approximate surface area is 221 Å². The van der Waals surface area contributed by atoms with E-state index in [1.165, 1.54) is 94.5 Å². The summed E-state index contributed by atoms with van der Waals surface area (Å²) in [6.45, 7) is 12.1. The normalized spacial score (nSPS) is 13.6. The van der Waals surface area contributed by atoms with Crippen molar-refractivity contribution in [3.63, 3.8) is 0 Å². The maximum absolute atomic E-state index is 13.3. The molecule has 2 atom stereocenters. The minimum atomic E-state index is -0.257. The van der Waals surface area contributed by atoms with Crippen LogP contribution in [0, 0.1) is 0 Å². The van der Waals surface area contributed by atoms with E-state index >= 15 is 0 Å². The molecule has 0 aliphatic heterocycles. The second kappa shape index (κ2) is 20.5. The summed E-state index contributed by atoms with van der Waals surface area (Å²) in [7, 11) is 0. The minimum absolute atomic E-state index is 0.0368. The molecule has 2 unspecified atom stereocenters. The molecule has 1 aromatic heterocycles. The highest BCUT2D eigenvalue weighted by atomic mass is 16.3. The molecule has 6 nitrogen and oxygen atoms in total. The Balaban J connectivity index is 2.55. The Bertz CT molecular complexity index is 753. The van der Waals surface area contributed by atoms with E-state index in [9.17, 15) is 9.90 Å². The van der Waals surface area contributed by atoms with Gasteiger partial charge in [-0.3, -0.25) is 15.2 Å². The standard InChI is InChI=1S/C30H58N4O2/c1-6-9-11-13-15-17-19-21-24-31-26(4)33-28(23-8-3)29(35)34(30(33)36)27(5)32-25-22-20-18-16-14-12-10-7-2/h8,23,26-27,31-32,35H,6-7,9-22,24-25H2,1-5H3. The lowest BCUT2D eigenvalue weighted by Gasteiger charge is -2.17. The number of allylic oxidation sites excluding steroid dienone is 1. The molecule has 0 aliphatic carbocycles. The summed E-state index contributed by atoms with van der Waals surface area (Å²) in [4.78, 5) is 13.3. The fourth-order valence-corrected chi connectivity index (χ4v) is 4.90. The predicted molar refractivity (Wildman–Crippen MR) is 156 cm³/mol. The van der Waals surface area contributed by atoms with Crippen LogP contribution in [-0.4, -0.2) is 27.3 Å². The third kappa shape index (κ3) is 12.1. The van der Waals surface area contributed by atoms with Gasteiger partial charge in [0.25, 0.3) is 0 Å². The molecule has 0 aliphatic rings. The minimum Gasteiger partial charge on any atom is -0.493 e. The van der Waals surface area contributed by atoms with Crippen molar-refractivity contribution < 1.29 is 5.11 Å². The predicted octanol–water partition coefficient (Wildman–Crippen LogP) is 7.89. The van der Waals surface area contributed by atoms with Crippen LogP contribution in [0.15, 0.2) is 10.9 Å². The van der Waals surface area contributed by atoms with Gasteiger partial charge < -0.3 is 5.11 Å². The highest BCUT2D eigenvalue weighted by Gasteiger charge is 2.23. The lowest BCUT2D eigenvalue weighted by molar-refractivity contribution is 0.344. The van der Waals surface area contributed by atoms with Gasteiger partial charge in [0.1, 0.15) is 5.69 Å². The van der Waals surface area contributed by atoms with Crippen molar-refractivity contribution >= 4 is 6.08 Å². The van der Waals surface area contributed by atoms with Gasteiger partial charge in [0.15, 0.2) is 0 Å². The molecule has 0 amide bonds. The number of imidazole rings is 1. The van der Waals surface area contributed by atoms with E-state index in [4.69, 9.17) is 0 Å². The van der Waals surface area contributed by atoms with Gasteiger partial charge in [-0.15, -0.1) is 0 Å². The zero-order valence-electron chi connectivity index (χ0n) is 24.3. The molecule has 0 saturated carbocycles. The summed E-state index contributed by atoms with van der Waals surface area (Å²) in [6.07, 6.45) is 23.7. The molecule has 0 spiro atoms. The fourth-order valence-electron chi connectivity index (χ4n) is 4.90. The van der Waals surface area contributed by atoms with E-state index in [1.54, 1.807) is 4.57 Å². The summed E-state index contributed by atoms with van der Waals surface area (Å²) in [5.74, 6) is 0.0368. The van der Waals surface area contributed by atoms with Crippen LogP contribution in [0.25, 0.3) is 6.08 Å². The van der Waals surface area contributed by atoms with E-state index in [1.807, 2.05) is 32.9 Å². The Hall–Kier alpha value is -1.53. The van der Waals surface area contributed by atoms with E-state index < -0.39 is 0 Å². The van der Waals surface area contributed by atoms with Crippen LogP contribution >= 0.6 is 0 Å². The summed E-state index contributed by atoms with van der Waals surface area (Å²) >= 11 is 0. The van der Waals surface area contributed by atoms with Crippen molar-refractivity contribution in [1.29, 1.82) is 0 Å². The first-order valence-corrected chi connectivity index (χ1v) is 15.1. The first-order valence-electron chi connectivity index (χ1n) is 15.1. The van der Waals surface area contributed by atoms with E-state index in [-0.39, 0.29) is 23.9 Å². The maximum atomic E-state index is 13.3. The smallest absolute Gasteiger partial charge is 0.334 e. The van der Waals surface area contributed by atoms with Crippen LogP contribution < -0.4 is 16.3 Å². The average Bonchev–Trinajstić information content (AvgIpc) is 3.11. The zero-order valence-corrected chi connectivity index (χ0v) is 24.3. The molecule has 1 heterocycles. The Morgan fingerprint density at radius 2 is 1.08 bits per heavy atom. The molecule has 1 rings (SSSR count). The van der Waals surface area contributed by atoms with Gasteiger partial charge in [-0.25, -0.2) is 9.36 Å². The molecule has 0 bridgehead atoms. The van der Waals surface area contributed by atoms with Crippen LogP contribution in [0.5, 0.6) is 5.88 Å². The average molecular weight is 507 g/mol. The molecule has 0 radical (unpaired) electrons. The monoisotopic (exact) mass is 506 g/mol. The lowest BCUT2D eigenvalue weighted by Crippen LogP contribution is -2.38. The fraction of sp³-hybridized carbons (Fsp3) is 0.833. The van der Waals surface area contributed by atoms with E-state index in [2.05, 4.69) is 24.5 Å². The Morgan fingerprint density at radius 1 is 0.694 bits per heavy atom. The molecular formula is C30H58N4O2. The van der Waals surface area contributed by atoms with Gasteiger partial charge in [-0.2, -0.15) is 0 Å². The third-order valence-electron chi connectivity index (χ3n) is 7.17. The van der Waals surface area contributed by atoms with Crippen molar-refractivity contribution in [2.75, 3.05) is 13.1 Å². The third-order valence-corrected chi connectivity index (χ3v) is 7.17. The van der Waals surface area contributed by atoms with E-state index in [0.29, 0.717) is 5.69 Å². The summed E-state index contributed by atoms with van der Waals surface area (Å²) < 4.78 is 3.18. The summed E-state index contributed by atoms with van der Waals surface area (Å²) in [5.41, 5.74) is 0.395. The van der Waals surface area contributed by atoms with Gasteiger partial charge >= 0.3 is 5.69 Å². The largest absolute Gasteiger partial charge is 0.493 e. The van der Waals surface area contributed by atoms with Crippen molar-refractivity contribution in [2.45, 2.75) is 150 Å². The zero-order chi connectivity index (χ0) is 26.6. The second-order valence-corrected chi connectivity index (χ2v) is 10.4.